The topological polar surface area (TPSA) is 55.4 Å². The fourth-order valence-corrected chi connectivity index (χ4v) is 3.28. The van der Waals surface area contributed by atoms with Crippen molar-refractivity contribution in [2.45, 2.75) is 12.1 Å². The van der Waals surface area contributed by atoms with Gasteiger partial charge in [-0.05, 0) is 5.56 Å². The molecule has 0 amide bonds. The molecule has 1 aromatic rings. The van der Waals surface area contributed by atoms with Crippen molar-refractivity contribution in [3.05, 3.63) is 47.4 Å². The van der Waals surface area contributed by atoms with Crippen LogP contribution in [0.5, 0.6) is 0 Å². The Balaban J connectivity index is 2.06. The van der Waals surface area contributed by atoms with Gasteiger partial charge >= 0.3 is 0 Å². The van der Waals surface area contributed by atoms with E-state index in [0.717, 1.165) is 5.56 Å². The third-order valence-electron chi connectivity index (χ3n) is 2.88. The lowest BCUT2D eigenvalue weighted by molar-refractivity contribution is 0.165. The Kier molecular flexibility index (Phi) is 4.16. The summed E-state index contributed by atoms with van der Waals surface area (Å²) in [6.07, 6.45) is 1.70. The second-order valence-electron chi connectivity index (χ2n) is 4.35. The van der Waals surface area contributed by atoms with E-state index in [4.69, 9.17) is 4.74 Å². The first-order valence-electron chi connectivity index (χ1n) is 5.81. The zero-order valence-corrected chi connectivity index (χ0v) is 11.1. The third-order valence-corrected chi connectivity index (χ3v) is 4.28. The smallest absolute Gasteiger partial charge is 0.173 e. The van der Waals surface area contributed by atoms with E-state index < -0.39 is 9.84 Å². The molecule has 0 aliphatic carbocycles. The minimum absolute atomic E-state index is 0.000787. The fourth-order valence-electron chi connectivity index (χ4n) is 2.03. The first kappa shape index (κ1) is 13.3. The normalized spacial score (nSPS) is 23.1. The molecular formula is C13H17NO3S. The highest BCUT2D eigenvalue weighted by molar-refractivity contribution is 7.94. The quantitative estimate of drug-likeness (QED) is 0.873. The molecule has 0 saturated carbocycles. The molecule has 0 saturated heterocycles. The fraction of sp³-hybridized carbons (Fsp3) is 0.385. The zero-order valence-electron chi connectivity index (χ0n) is 10.2. The van der Waals surface area contributed by atoms with Gasteiger partial charge in [0, 0.05) is 18.6 Å². The van der Waals surface area contributed by atoms with Crippen molar-refractivity contribution in [2.24, 2.45) is 0 Å². The number of benzene rings is 1. The van der Waals surface area contributed by atoms with Crippen molar-refractivity contribution in [3.8, 4) is 0 Å². The lowest BCUT2D eigenvalue weighted by Crippen LogP contribution is -2.35. The van der Waals surface area contributed by atoms with Gasteiger partial charge in [0.1, 0.15) is 0 Å². The summed E-state index contributed by atoms with van der Waals surface area (Å²) in [7, 11) is -1.38. The Morgan fingerprint density at radius 3 is 2.67 bits per heavy atom. The lowest BCUT2D eigenvalue weighted by atomic mass is 10.1. The van der Waals surface area contributed by atoms with Gasteiger partial charge in [-0.15, -0.1) is 0 Å². The summed E-state index contributed by atoms with van der Waals surface area (Å²) in [5.41, 5.74) is 1.09. The average Bonchev–Trinajstić information content (AvgIpc) is 2.69. The van der Waals surface area contributed by atoms with E-state index in [9.17, 15) is 8.42 Å². The monoisotopic (exact) mass is 267 g/mol. The molecule has 1 N–H and O–H groups in total. The molecule has 2 rings (SSSR count). The maximum Gasteiger partial charge on any atom is 0.173 e. The van der Waals surface area contributed by atoms with Crippen molar-refractivity contribution in [2.75, 3.05) is 19.5 Å². The summed E-state index contributed by atoms with van der Waals surface area (Å²) in [6.45, 7) is 0.508. The molecule has 0 aromatic heterocycles. The third kappa shape index (κ3) is 3.41. The maximum absolute atomic E-state index is 11.4. The van der Waals surface area contributed by atoms with Crippen LogP contribution in [0.2, 0.25) is 0 Å². The Bertz CT molecular complexity index is 510. The van der Waals surface area contributed by atoms with Crippen LogP contribution in [0.4, 0.5) is 0 Å². The summed E-state index contributed by atoms with van der Waals surface area (Å²) >= 11 is 0. The van der Waals surface area contributed by atoms with Crippen LogP contribution in [0.25, 0.3) is 0 Å². The molecule has 0 fully saturated rings. The number of ether oxygens (including phenoxy) is 1. The molecule has 2 atom stereocenters. The van der Waals surface area contributed by atoms with E-state index in [1.54, 1.807) is 13.2 Å². The van der Waals surface area contributed by atoms with Gasteiger partial charge in [-0.1, -0.05) is 36.4 Å². The van der Waals surface area contributed by atoms with Gasteiger partial charge in [-0.25, -0.2) is 8.42 Å². The number of sulfone groups is 1. The summed E-state index contributed by atoms with van der Waals surface area (Å²) < 4.78 is 27.9. The van der Waals surface area contributed by atoms with Crippen molar-refractivity contribution in [3.63, 3.8) is 0 Å². The van der Waals surface area contributed by atoms with Crippen LogP contribution < -0.4 is 5.32 Å². The largest absolute Gasteiger partial charge is 0.383 e. The van der Waals surface area contributed by atoms with E-state index >= 15 is 0 Å². The van der Waals surface area contributed by atoms with Crippen LogP contribution in [-0.2, 0) is 14.6 Å². The van der Waals surface area contributed by atoms with Crippen LogP contribution in [0.1, 0.15) is 11.6 Å². The Morgan fingerprint density at radius 1 is 1.39 bits per heavy atom. The molecule has 4 nitrogen and oxygen atoms in total. The molecule has 1 aromatic carbocycles. The molecule has 5 heteroatoms. The maximum atomic E-state index is 11.4. The van der Waals surface area contributed by atoms with Crippen LogP contribution in [0, 0.1) is 0 Å². The first-order valence-corrected chi connectivity index (χ1v) is 7.53. The van der Waals surface area contributed by atoms with Crippen LogP contribution in [0.3, 0.4) is 0 Å². The highest BCUT2D eigenvalue weighted by atomic mass is 32.2. The Labute approximate surface area is 108 Å². The summed E-state index contributed by atoms with van der Waals surface area (Å²) in [5.74, 6) is 0.125. The van der Waals surface area contributed by atoms with Gasteiger partial charge < -0.3 is 10.1 Å². The number of hydrogen-bond donors (Lipinski definition) is 1. The van der Waals surface area contributed by atoms with E-state index in [1.165, 1.54) is 5.41 Å². The number of hydrogen-bond acceptors (Lipinski definition) is 4. The van der Waals surface area contributed by atoms with Crippen LogP contribution in [-0.4, -0.2) is 33.9 Å². The Hall–Kier alpha value is -1.17. The predicted molar refractivity (Wildman–Crippen MR) is 70.9 cm³/mol. The molecule has 2 unspecified atom stereocenters. The summed E-state index contributed by atoms with van der Waals surface area (Å²) in [4.78, 5) is 0. The van der Waals surface area contributed by atoms with Gasteiger partial charge in [0.15, 0.2) is 9.84 Å². The van der Waals surface area contributed by atoms with Gasteiger partial charge in [-0.3, -0.25) is 0 Å². The molecule has 1 heterocycles. The average molecular weight is 267 g/mol. The highest BCUT2D eigenvalue weighted by Gasteiger charge is 2.24. The molecule has 98 valence electrons. The van der Waals surface area contributed by atoms with E-state index in [2.05, 4.69) is 5.32 Å². The summed E-state index contributed by atoms with van der Waals surface area (Å²) in [6, 6.07) is 9.73. The van der Waals surface area contributed by atoms with Crippen molar-refractivity contribution < 1.29 is 13.2 Å². The van der Waals surface area contributed by atoms with Gasteiger partial charge in [0.2, 0.25) is 0 Å². The number of methoxy groups -OCH3 is 1. The van der Waals surface area contributed by atoms with Crippen LogP contribution in [0.15, 0.2) is 41.8 Å². The van der Waals surface area contributed by atoms with E-state index in [-0.39, 0.29) is 17.8 Å². The van der Waals surface area contributed by atoms with Crippen molar-refractivity contribution >= 4 is 9.84 Å². The summed E-state index contributed by atoms with van der Waals surface area (Å²) in [5, 5.41) is 4.58. The lowest BCUT2D eigenvalue weighted by Gasteiger charge is -2.21. The van der Waals surface area contributed by atoms with Crippen molar-refractivity contribution in [1.82, 2.24) is 5.32 Å². The molecule has 0 spiro atoms. The van der Waals surface area contributed by atoms with Crippen LogP contribution >= 0.6 is 0 Å². The molecule has 1 aliphatic heterocycles. The minimum Gasteiger partial charge on any atom is -0.383 e. The SMILES string of the molecule is COCC(NC1C=CS(=O)(=O)C1)c1ccccc1. The first-order chi connectivity index (χ1) is 8.61. The molecule has 18 heavy (non-hydrogen) atoms. The number of rotatable bonds is 5. The second-order valence-corrected chi connectivity index (χ2v) is 6.28. The van der Waals surface area contributed by atoms with Gasteiger partial charge in [0.25, 0.3) is 0 Å². The molecule has 0 radical (unpaired) electrons. The Morgan fingerprint density at radius 2 is 2.11 bits per heavy atom. The van der Waals surface area contributed by atoms with Crippen molar-refractivity contribution in [1.29, 1.82) is 0 Å². The predicted octanol–water partition coefficient (Wildman–Crippen LogP) is 1.27. The number of nitrogens with one attached hydrogen (secondary N) is 1. The second kappa shape index (κ2) is 5.65. The van der Waals surface area contributed by atoms with Gasteiger partial charge in [-0.2, -0.15) is 0 Å². The van der Waals surface area contributed by atoms with Gasteiger partial charge in [0.05, 0.1) is 18.4 Å². The molecule has 0 bridgehead atoms. The zero-order chi connectivity index (χ0) is 13.0. The van der Waals surface area contributed by atoms with E-state index in [0.29, 0.717) is 6.61 Å². The molecular weight excluding hydrogens is 250 g/mol. The highest BCUT2D eigenvalue weighted by Crippen LogP contribution is 2.17. The standard InChI is InChI=1S/C13H17NO3S/c1-17-9-13(11-5-3-2-4-6-11)14-12-7-8-18(15,16)10-12/h2-8,12-14H,9-10H2,1H3. The van der Waals surface area contributed by atoms with E-state index in [1.807, 2.05) is 30.3 Å². The minimum atomic E-state index is -3.02. The molecule has 1 aliphatic rings.